The first-order chi connectivity index (χ1) is 14.4. The van der Waals surface area contributed by atoms with E-state index in [4.69, 9.17) is 9.47 Å². The molecular formula is C22H36N2O5S. The van der Waals surface area contributed by atoms with Crippen molar-refractivity contribution in [3.63, 3.8) is 0 Å². The number of unbranched alkanes of at least 4 members (excludes halogenated alkanes) is 1. The fourth-order valence-electron chi connectivity index (χ4n) is 3.58. The van der Waals surface area contributed by atoms with Crippen molar-refractivity contribution in [2.24, 2.45) is 5.92 Å². The number of carbonyl (C=O) groups is 1. The summed E-state index contributed by atoms with van der Waals surface area (Å²) in [5.41, 5.74) is 0.722. The van der Waals surface area contributed by atoms with Crippen LogP contribution >= 0.6 is 0 Å². The second-order valence-electron chi connectivity index (χ2n) is 7.71. The number of hydrogen-bond acceptors (Lipinski definition) is 5. The van der Waals surface area contributed by atoms with Crippen LogP contribution in [0.4, 0.5) is 0 Å². The van der Waals surface area contributed by atoms with Crippen LogP contribution in [0.1, 0.15) is 51.5 Å². The normalized spacial score (nSPS) is 16.2. The van der Waals surface area contributed by atoms with E-state index in [1.807, 2.05) is 0 Å². The van der Waals surface area contributed by atoms with Crippen LogP contribution in [-0.2, 0) is 26.0 Å². The van der Waals surface area contributed by atoms with Crippen molar-refractivity contribution < 1.29 is 22.7 Å². The van der Waals surface area contributed by atoms with Crippen molar-refractivity contribution in [2.45, 2.75) is 57.3 Å². The van der Waals surface area contributed by atoms with Crippen LogP contribution in [-0.4, -0.2) is 58.6 Å². The van der Waals surface area contributed by atoms with E-state index in [1.54, 1.807) is 25.3 Å². The van der Waals surface area contributed by atoms with Gasteiger partial charge in [-0.15, -0.1) is 0 Å². The standard InChI is InChI=1S/C22H36N2O5S/c1-4-6-7-18(5-2)17-23-22(25)11-8-19-16-20(9-10-21(19)28-3)30(26,27)24-12-14-29-15-13-24/h9-10,16,18H,4-8,11-15,17H2,1-3H3,(H,23,25)/t18-/m1/s1. The molecule has 0 bridgehead atoms. The van der Waals surface area contributed by atoms with E-state index in [1.165, 1.54) is 10.7 Å². The van der Waals surface area contributed by atoms with Crippen molar-refractivity contribution >= 4 is 15.9 Å². The first kappa shape index (κ1) is 24.6. The molecule has 1 saturated heterocycles. The molecule has 7 nitrogen and oxygen atoms in total. The molecule has 0 saturated carbocycles. The maximum atomic E-state index is 12.9. The van der Waals surface area contributed by atoms with Crippen LogP contribution in [0.15, 0.2) is 23.1 Å². The predicted octanol–water partition coefficient (Wildman–Crippen LogP) is 2.98. The van der Waals surface area contributed by atoms with Crippen LogP contribution in [0, 0.1) is 5.92 Å². The minimum absolute atomic E-state index is 0.0200. The van der Waals surface area contributed by atoms with Gasteiger partial charge in [0.1, 0.15) is 5.75 Å². The molecule has 2 rings (SSSR count). The maximum absolute atomic E-state index is 12.9. The number of methoxy groups -OCH3 is 1. The molecule has 0 spiro atoms. The molecule has 1 aromatic rings. The number of aryl methyl sites for hydroxylation is 1. The third kappa shape index (κ3) is 6.96. The molecule has 1 aromatic carbocycles. The van der Waals surface area contributed by atoms with Crippen molar-refractivity contribution in [3.05, 3.63) is 23.8 Å². The van der Waals surface area contributed by atoms with Gasteiger partial charge in [-0.1, -0.05) is 33.1 Å². The van der Waals surface area contributed by atoms with Gasteiger partial charge in [-0.3, -0.25) is 4.79 Å². The summed E-state index contributed by atoms with van der Waals surface area (Å²) in [5, 5.41) is 3.03. The summed E-state index contributed by atoms with van der Waals surface area (Å²) in [6, 6.07) is 4.86. The summed E-state index contributed by atoms with van der Waals surface area (Å²) in [6.45, 7) is 6.52. The van der Waals surface area contributed by atoms with Gasteiger partial charge in [0, 0.05) is 26.1 Å². The highest BCUT2D eigenvalue weighted by Crippen LogP contribution is 2.26. The molecule has 1 fully saturated rings. The summed E-state index contributed by atoms with van der Waals surface area (Å²) in [6.07, 6.45) is 5.23. The SMILES string of the molecule is CCCC[C@@H](CC)CNC(=O)CCc1cc(S(=O)(=O)N2CCOCC2)ccc1OC. The van der Waals surface area contributed by atoms with Crippen molar-refractivity contribution in [1.82, 2.24) is 9.62 Å². The van der Waals surface area contributed by atoms with Gasteiger partial charge in [-0.05, 0) is 42.5 Å². The monoisotopic (exact) mass is 440 g/mol. The van der Waals surface area contributed by atoms with Crippen LogP contribution in [0.25, 0.3) is 0 Å². The lowest BCUT2D eigenvalue weighted by atomic mass is 9.99. The molecule has 0 aliphatic carbocycles. The minimum Gasteiger partial charge on any atom is -0.496 e. The number of carbonyl (C=O) groups excluding carboxylic acids is 1. The third-order valence-corrected chi connectivity index (χ3v) is 7.51. The van der Waals surface area contributed by atoms with E-state index in [0.717, 1.165) is 24.8 Å². The van der Waals surface area contributed by atoms with Gasteiger partial charge in [0.2, 0.25) is 15.9 Å². The summed E-state index contributed by atoms with van der Waals surface area (Å²) < 4.78 is 37.9. The third-order valence-electron chi connectivity index (χ3n) is 5.61. The van der Waals surface area contributed by atoms with Crippen LogP contribution in [0.3, 0.4) is 0 Å². The number of rotatable bonds is 12. The highest BCUT2D eigenvalue weighted by Gasteiger charge is 2.27. The molecule has 1 atom stereocenters. The number of nitrogens with one attached hydrogen (secondary N) is 1. The number of sulfonamides is 1. The molecule has 170 valence electrons. The summed E-state index contributed by atoms with van der Waals surface area (Å²) in [5.74, 6) is 1.08. The zero-order valence-electron chi connectivity index (χ0n) is 18.5. The first-order valence-electron chi connectivity index (χ1n) is 10.9. The Kier molecular flexibility index (Phi) is 10.1. The molecule has 0 radical (unpaired) electrons. The Bertz CT molecular complexity index is 776. The van der Waals surface area contributed by atoms with E-state index in [2.05, 4.69) is 19.2 Å². The van der Waals surface area contributed by atoms with Crippen molar-refractivity contribution in [3.8, 4) is 5.75 Å². The number of ether oxygens (including phenoxy) is 2. The van der Waals surface area contributed by atoms with Gasteiger partial charge in [0.05, 0.1) is 25.2 Å². The number of benzene rings is 1. The zero-order chi connectivity index (χ0) is 22.0. The first-order valence-corrected chi connectivity index (χ1v) is 12.4. The second kappa shape index (κ2) is 12.3. The zero-order valence-corrected chi connectivity index (χ0v) is 19.3. The topological polar surface area (TPSA) is 84.9 Å². The predicted molar refractivity (Wildman–Crippen MR) is 117 cm³/mol. The van der Waals surface area contributed by atoms with Crippen LogP contribution in [0.2, 0.25) is 0 Å². The molecule has 0 aromatic heterocycles. The maximum Gasteiger partial charge on any atom is 0.243 e. The highest BCUT2D eigenvalue weighted by atomic mass is 32.2. The number of amides is 1. The van der Waals surface area contributed by atoms with Gasteiger partial charge < -0.3 is 14.8 Å². The number of nitrogens with zero attached hydrogens (tertiary/aromatic N) is 1. The average Bonchev–Trinajstić information content (AvgIpc) is 2.78. The Morgan fingerprint density at radius 2 is 2.00 bits per heavy atom. The minimum atomic E-state index is -3.58. The van der Waals surface area contributed by atoms with Gasteiger partial charge in [-0.25, -0.2) is 8.42 Å². The van der Waals surface area contributed by atoms with E-state index in [-0.39, 0.29) is 10.8 Å². The molecule has 1 aliphatic heterocycles. The molecule has 30 heavy (non-hydrogen) atoms. The Labute approximate surface area is 181 Å². The van der Waals surface area contributed by atoms with Crippen LogP contribution < -0.4 is 10.1 Å². The highest BCUT2D eigenvalue weighted by molar-refractivity contribution is 7.89. The molecule has 1 amide bonds. The second-order valence-corrected chi connectivity index (χ2v) is 9.65. The van der Waals surface area contributed by atoms with E-state index >= 15 is 0 Å². The van der Waals surface area contributed by atoms with Gasteiger partial charge in [0.25, 0.3) is 0 Å². The summed E-state index contributed by atoms with van der Waals surface area (Å²) >= 11 is 0. The summed E-state index contributed by atoms with van der Waals surface area (Å²) in [4.78, 5) is 12.6. The number of morpholine rings is 1. The lowest BCUT2D eigenvalue weighted by Gasteiger charge is -2.26. The Hall–Kier alpha value is -1.64. The fourth-order valence-corrected chi connectivity index (χ4v) is 5.04. The largest absolute Gasteiger partial charge is 0.496 e. The van der Waals surface area contributed by atoms with Crippen LogP contribution in [0.5, 0.6) is 5.75 Å². The Morgan fingerprint density at radius 1 is 1.27 bits per heavy atom. The summed E-state index contributed by atoms with van der Waals surface area (Å²) in [7, 11) is -2.03. The van der Waals surface area contributed by atoms with E-state index in [9.17, 15) is 13.2 Å². The van der Waals surface area contributed by atoms with E-state index < -0.39 is 10.0 Å². The molecule has 8 heteroatoms. The lowest BCUT2D eigenvalue weighted by Crippen LogP contribution is -2.40. The van der Waals surface area contributed by atoms with Gasteiger partial charge >= 0.3 is 0 Å². The fraction of sp³-hybridized carbons (Fsp3) is 0.682. The van der Waals surface area contributed by atoms with Gasteiger partial charge in [0.15, 0.2) is 0 Å². The van der Waals surface area contributed by atoms with Crippen molar-refractivity contribution in [1.29, 1.82) is 0 Å². The Balaban J connectivity index is 2.00. The van der Waals surface area contributed by atoms with Crippen molar-refractivity contribution in [2.75, 3.05) is 40.0 Å². The molecular weight excluding hydrogens is 404 g/mol. The molecule has 0 unspecified atom stereocenters. The quantitative estimate of drug-likeness (QED) is 0.540. The molecule has 1 aliphatic rings. The molecule has 1 heterocycles. The Morgan fingerprint density at radius 3 is 2.63 bits per heavy atom. The smallest absolute Gasteiger partial charge is 0.243 e. The molecule has 1 N–H and O–H groups in total. The lowest BCUT2D eigenvalue weighted by molar-refractivity contribution is -0.121. The van der Waals surface area contributed by atoms with Gasteiger partial charge in [-0.2, -0.15) is 4.31 Å². The average molecular weight is 441 g/mol. The van der Waals surface area contributed by atoms with E-state index in [0.29, 0.717) is 57.4 Å². The number of hydrogen-bond donors (Lipinski definition) is 1.